The number of hydrogen-bond donors (Lipinski definition) is 3. The molecule has 162 valence electrons. The molecule has 8 nitrogen and oxygen atoms in total. The second-order valence-electron chi connectivity index (χ2n) is 7.92. The summed E-state index contributed by atoms with van der Waals surface area (Å²) in [5.41, 5.74) is 5.97. The van der Waals surface area contributed by atoms with Crippen molar-refractivity contribution in [2.24, 2.45) is 5.73 Å². The van der Waals surface area contributed by atoms with Crippen LogP contribution in [0.1, 0.15) is 33.3 Å². The number of carbonyl (C=O) groups excluding carboxylic acids is 2. The second kappa shape index (κ2) is 8.54. The van der Waals surface area contributed by atoms with Crippen molar-refractivity contribution in [3.05, 3.63) is 23.9 Å². The van der Waals surface area contributed by atoms with Crippen LogP contribution >= 0.6 is 0 Å². The monoisotopic (exact) mass is 417 g/mol. The van der Waals surface area contributed by atoms with E-state index < -0.39 is 48.4 Å². The molecule has 1 aromatic heterocycles. The minimum Gasteiger partial charge on any atom is -0.371 e. The molecule has 2 heterocycles. The number of alkyl halides is 3. The van der Waals surface area contributed by atoms with E-state index in [2.05, 4.69) is 10.3 Å². The van der Waals surface area contributed by atoms with Gasteiger partial charge in [-0.1, -0.05) is 0 Å². The summed E-state index contributed by atoms with van der Waals surface area (Å²) in [6.45, 7) is 6.67. The van der Waals surface area contributed by atoms with Crippen LogP contribution in [0.15, 0.2) is 18.3 Å². The van der Waals surface area contributed by atoms with Crippen LogP contribution in [0.5, 0.6) is 0 Å². The van der Waals surface area contributed by atoms with Gasteiger partial charge in [0.1, 0.15) is 17.9 Å². The molecule has 0 unspecified atom stereocenters. The SMILES string of the molecule is C[C@H](OC(C)(C)C)[C@H](N)C(=O)Nc1cc(CN2C[C@@H](C(F)(F)F)NC2=O)ccn1. The van der Waals surface area contributed by atoms with Crippen LogP contribution in [-0.4, -0.2) is 58.3 Å². The standard InChI is InChI=1S/C18H26F3N5O3/c1-10(29-17(2,3)4)14(22)15(27)25-13-7-11(5-6-23-13)8-26-9-12(18(19,20)21)24-16(26)28/h5-7,10,12,14H,8-9,22H2,1-4H3,(H,24,28)(H,23,25,27)/t10-,12-,14-/m0/s1. The van der Waals surface area contributed by atoms with E-state index in [9.17, 15) is 22.8 Å². The van der Waals surface area contributed by atoms with Gasteiger partial charge in [-0.15, -0.1) is 0 Å². The van der Waals surface area contributed by atoms with Gasteiger partial charge >= 0.3 is 12.2 Å². The molecule has 1 fully saturated rings. The number of nitrogens with two attached hydrogens (primary N) is 1. The Morgan fingerprint density at radius 2 is 2.10 bits per heavy atom. The van der Waals surface area contributed by atoms with Crippen molar-refractivity contribution in [1.29, 1.82) is 0 Å². The van der Waals surface area contributed by atoms with Gasteiger partial charge in [0, 0.05) is 12.7 Å². The number of ether oxygens (including phenoxy) is 1. The maximum absolute atomic E-state index is 12.8. The Hall–Kier alpha value is -2.40. The summed E-state index contributed by atoms with van der Waals surface area (Å²) >= 11 is 0. The minimum atomic E-state index is -4.51. The largest absolute Gasteiger partial charge is 0.410 e. The number of rotatable bonds is 6. The lowest BCUT2D eigenvalue weighted by atomic mass is 10.1. The van der Waals surface area contributed by atoms with E-state index in [-0.39, 0.29) is 12.4 Å². The molecule has 1 aliphatic heterocycles. The Morgan fingerprint density at radius 1 is 1.45 bits per heavy atom. The van der Waals surface area contributed by atoms with Crippen molar-refractivity contribution in [2.75, 3.05) is 11.9 Å². The normalized spacial score (nSPS) is 19.7. The lowest BCUT2D eigenvalue weighted by Crippen LogP contribution is -2.47. The molecule has 1 saturated heterocycles. The van der Waals surface area contributed by atoms with Crippen molar-refractivity contribution in [1.82, 2.24) is 15.2 Å². The number of carbonyl (C=O) groups is 2. The topological polar surface area (TPSA) is 110 Å². The zero-order valence-electron chi connectivity index (χ0n) is 16.7. The van der Waals surface area contributed by atoms with Gasteiger partial charge in [-0.05, 0) is 45.4 Å². The van der Waals surface area contributed by atoms with Crippen molar-refractivity contribution < 1.29 is 27.5 Å². The number of urea groups is 1. The molecule has 0 aliphatic carbocycles. The smallest absolute Gasteiger partial charge is 0.371 e. The maximum Gasteiger partial charge on any atom is 0.410 e. The van der Waals surface area contributed by atoms with Crippen molar-refractivity contribution >= 4 is 17.8 Å². The summed E-state index contributed by atoms with van der Waals surface area (Å²) in [4.78, 5) is 29.2. The average molecular weight is 417 g/mol. The first kappa shape index (κ1) is 22.9. The minimum absolute atomic E-state index is 0.0562. The van der Waals surface area contributed by atoms with Crippen LogP contribution in [0.4, 0.5) is 23.8 Å². The first-order chi connectivity index (χ1) is 13.3. The van der Waals surface area contributed by atoms with Crippen molar-refractivity contribution in [3.63, 3.8) is 0 Å². The van der Waals surface area contributed by atoms with Gasteiger partial charge in [0.2, 0.25) is 5.91 Å². The fourth-order valence-corrected chi connectivity index (χ4v) is 2.83. The first-order valence-electron chi connectivity index (χ1n) is 9.07. The van der Waals surface area contributed by atoms with E-state index >= 15 is 0 Å². The van der Waals surface area contributed by atoms with Gasteiger partial charge in [0.15, 0.2) is 0 Å². The highest BCUT2D eigenvalue weighted by Crippen LogP contribution is 2.25. The molecule has 0 spiro atoms. The number of nitrogens with zero attached hydrogens (tertiary/aromatic N) is 2. The maximum atomic E-state index is 12.8. The van der Waals surface area contributed by atoms with Gasteiger partial charge in [0.25, 0.3) is 0 Å². The lowest BCUT2D eigenvalue weighted by Gasteiger charge is -2.28. The molecule has 0 bridgehead atoms. The summed E-state index contributed by atoms with van der Waals surface area (Å²) in [6, 6.07) is -0.622. The van der Waals surface area contributed by atoms with Gasteiger partial charge in [-0.25, -0.2) is 9.78 Å². The predicted octanol–water partition coefficient (Wildman–Crippen LogP) is 2.01. The zero-order chi connectivity index (χ0) is 22.0. The van der Waals surface area contributed by atoms with Crippen LogP contribution in [0.2, 0.25) is 0 Å². The molecule has 0 saturated carbocycles. The fourth-order valence-electron chi connectivity index (χ4n) is 2.83. The van der Waals surface area contributed by atoms with Crippen LogP contribution in [0.3, 0.4) is 0 Å². The van der Waals surface area contributed by atoms with E-state index in [4.69, 9.17) is 10.5 Å². The van der Waals surface area contributed by atoms with Gasteiger partial charge in [-0.3, -0.25) is 4.79 Å². The molecule has 1 aromatic rings. The van der Waals surface area contributed by atoms with E-state index in [1.807, 2.05) is 26.1 Å². The summed E-state index contributed by atoms with van der Waals surface area (Å²) in [7, 11) is 0. The van der Waals surface area contributed by atoms with Gasteiger partial charge in [0.05, 0.1) is 18.2 Å². The Balaban J connectivity index is 1.99. The number of halogens is 3. The Labute approximate surface area is 167 Å². The van der Waals surface area contributed by atoms with Crippen LogP contribution in [0.25, 0.3) is 0 Å². The number of hydrogen-bond acceptors (Lipinski definition) is 5. The molecular weight excluding hydrogens is 391 g/mol. The molecule has 2 rings (SSSR count). The summed E-state index contributed by atoms with van der Waals surface area (Å²) in [5, 5.41) is 4.47. The molecule has 3 amide bonds. The Bertz CT molecular complexity index is 751. The van der Waals surface area contributed by atoms with E-state index in [1.165, 1.54) is 12.3 Å². The quantitative estimate of drug-likeness (QED) is 0.656. The van der Waals surface area contributed by atoms with Crippen LogP contribution < -0.4 is 16.4 Å². The highest BCUT2D eigenvalue weighted by atomic mass is 19.4. The number of nitrogens with one attached hydrogen (secondary N) is 2. The zero-order valence-corrected chi connectivity index (χ0v) is 16.7. The number of aromatic nitrogens is 1. The molecule has 11 heteroatoms. The summed E-state index contributed by atoms with van der Waals surface area (Å²) < 4.78 is 44.0. The molecule has 4 N–H and O–H groups in total. The third-order valence-electron chi connectivity index (χ3n) is 4.18. The predicted molar refractivity (Wildman–Crippen MR) is 99.9 cm³/mol. The first-order valence-corrected chi connectivity index (χ1v) is 9.07. The van der Waals surface area contributed by atoms with E-state index in [1.54, 1.807) is 13.0 Å². The molecule has 1 aliphatic rings. The second-order valence-corrected chi connectivity index (χ2v) is 7.92. The molecule has 29 heavy (non-hydrogen) atoms. The van der Waals surface area contributed by atoms with E-state index in [0.717, 1.165) is 4.90 Å². The van der Waals surface area contributed by atoms with Gasteiger partial charge in [-0.2, -0.15) is 13.2 Å². The Morgan fingerprint density at radius 3 is 2.66 bits per heavy atom. The fraction of sp³-hybridized carbons (Fsp3) is 0.611. The van der Waals surface area contributed by atoms with Crippen molar-refractivity contribution in [3.8, 4) is 0 Å². The van der Waals surface area contributed by atoms with Crippen LogP contribution in [-0.2, 0) is 16.1 Å². The van der Waals surface area contributed by atoms with Gasteiger partial charge < -0.3 is 26.0 Å². The number of amides is 3. The molecule has 0 aromatic carbocycles. The molecule has 0 radical (unpaired) electrons. The lowest BCUT2D eigenvalue weighted by molar-refractivity contribution is -0.149. The summed E-state index contributed by atoms with van der Waals surface area (Å²) in [5.74, 6) is -0.333. The Kier molecular flexibility index (Phi) is 6.74. The average Bonchev–Trinajstić information content (AvgIpc) is 2.94. The highest BCUT2D eigenvalue weighted by Gasteiger charge is 2.46. The highest BCUT2D eigenvalue weighted by molar-refractivity contribution is 5.94. The third kappa shape index (κ3) is 6.57. The number of pyridine rings is 1. The van der Waals surface area contributed by atoms with E-state index in [0.29, 0.717) is 5.56 Å². The molecule has 3 atom stereocenters. The molecular formula is C18H26F3N5O3. The third-order valence-corrected chi connectivity index (χ3v) is 4.18. The number of anilines is 1. The van der Waals surface area contributed by atoms with Crippen LogP contribution in [0, 0.1) is 0 Å². The summed E-state index contributed by atoms with van der Waals surface area (Å²) in [6.07, 6.45) is -3.67. The van der Waals surface area contributed by atoms with Crippen molar-refractivity contribution in [2.45, 2.75) is 64.2 Å².